The van der Waals surface area contributed by atoms with E-state index in [-0.39, 0.29) is 36.4 Å². The molecule has 42 heavy (non-hydrogen) atoms. The molecule has 8 nitrogen and oxygen atoms in total. The van der Waals surface area contributed by atoms with E-state index in [0.717, 1.165) is 24.0 Å². The zero-order valence-electron chi connectivity index (χ0n) is 27.0. The molecule has 4 N–H and O–H groups in total. The SMILES string of the molecule is CCC(=O)[C@H](C)[C@H](O)[C@@H](C)C[C@H](C)[C@H]1OC(=O)C[C@]2(O)CC=C(C)[C@H](O2)/C(C)=C\CCC[C@H](O)/C=C\[C@H](C)[C@@H](O)[C@H]1C. The average Bonchev–Trinajstić information content (AvgIpc) is 2.95. The van der Waals surface area contributed by atoms with Crippen LogP contribution >= 0.6 is 0 Å². The molecule has 2 bridgehead atoms. The maximum Gasteiger partial charge on any atom is 0.311 e. The number of carbonyl (C=O) groups is 2. The zero-order valence-corrected chi connectivity index (χ0v) is 27.0. The summed E-state index contributed by atoms with van der Waals surface area (Å²) in [5.74, 6) is -4.25. The molecule has 0 aromatic heterocycles. The maximum absolute atomic E-state index is 13.4. The fourth-order valence-electron chi connectivity index (χ4n) is 6.33. The van der Waals surface area contributed by atoms with Crippen LogP contribution in [0, 0.1) is 29.6 Å². The molecule has 0 aromatic rings. The lowest BCUT2D eigenvalue weighted by Crippen LogP contribution is -2.45. The third-order valence-electron chi connectivity index (χ3n) is 9.25. The van der Waals surface area contributed by atoms with Crippen molar-refractivity contribution in [3.63, 3.8) is 0 Å². The van der Waals surface area contributed by atoms with Crippen molar-refractivity contribution in [3.8, 4) is 0 Å². The number of hydrogen-bond donors (Lipinski definition) is 4. The van der Waals surface area contributed by atoms with Crippen molar-refractivity contribution in [2.75, 3.05) is 0 Å². The number of carbonyl (C=O) groups excluding carboxylic acids is 2. The Balaban J connectivity index is 2.37. The molecule has 2 heterocycles. The van der Waals surface area contributed by atoms with Gasteiger partial charge in [0.1, 0.15) is 18.0 Å². The van der Waals surface area contributed by atoms with E-state index in [2.05, 4.69) is 0 Å². The number of hydrogen-bond acceptors (Lipinski definition) is 8. The molecule has 0 saturated carbocycles. The largest absolute Gasteiger partial charge is 0.462 e. The molecule has 240 valence electrons. The van der Waals surface area contributed by atoms with Gasteiger partial charge >= 0.3 is 5.97 Å². The van der Waals surface area contributed by atoms with Crippen LogP contribution in [0.25, 0.3) is 0 Å². The normalized spacial score (nSPS) is 37.0. The first-order valence-electron chi connectivity index (χ1n) is 15.8. The molecule has 0 spiro atoms. The smallest absolute Gasteiger partial charge is 0.311 e. The molecule has 2 aliphatic heterocycles. The lowest BCUT2D eigenvalue weighted by molar-refractivity contribution is -0.230. The highest BCUT2D eigenvalue weighted by molar-refractivity contribution is 5.80. The van der Waals surface area contributed by atoms with E-state index in [1.54, 1.807) is 26.0 Å². The van der Waals surface area contributed by atoms with Crippen molar-refractivity contribution >= 4 is 11.8 Å². The standard InChI is InChI=1S/C34H56O8/c1-9-28(36)25(7)31(39)23(5)18-24(6)33-26(8)30(38)20(2)14-15-27(35)13-11-10-12-21(3)32-22(4)16-17-34(40,42-32)19-29(37)41-33/h12,14-16,20,23-27,30-33,35,38-40H,9-11,13,17-19H2,1-8H3/b15-14-,21-12-/t20-,23-,24-,25-,26+,27-,30+,31+,32+,33+,34-/m0/s1. The molecule has 0 fully saturated rings. The Morgan fingerprint density at radius 1 is 1.10 bits per heavy atom. The first-order chi connectivity index (χ1) is 19.6. The topological polar surface area (TPSA) is 134 Å². The molecule has 0 aliphatic carbocycles. The van der Waals surface area contributed by atoms with Crippen molar-refractivity contribution in [2.24, 2.45) is 29.6 Å². The molecule has 0 aromatic carbocycles. The van der Waals surface area contributed by atoms with Gasteiger partial charge in [0.15, 0.2) is 5.79 Å². The van der Waals surface area contributed by atoms with Crippen LogP contribution in [0.15, 0.2) is 35.5 Å². The molecular weight excluding hydrogens is 536 g/mol. The summed E-state index contributed by atoms with van der Waals surface area (Å²) in [7, 11) is 0. The number of aliphatic hydroxyl groups excluding tert-OH is 3. The Kier molecular flexibility index (Phi) is 14.1. The first-order valence-corrected chi connectivity index (χ1v) is 15.8. The third-order valence-corrected chi connectivity index (χ3v) is 9.25. The number of rotatable bonds is 7. The van der Waals surface area contributed by atoms with Crippen LogP contribution in [0.5, 0.6) is 0 Å². The highest BCUT2D eigenvalue weighted by Crippen LogP contribution is 2.35. The number of fused-ring (bicyclic) bond motifs is 2. The predicted octanol–water partition coefficient (Wildman–Crippen LogP) is 5.03. The molecule has 0 unspecified atom stereocenters. The molecule has 8 heteroatoms. The maximum atomic E-state index is 13.4. The van der Waals surface area contributed by atoms with E-state index < -0.39 is 54.1 Å². The van der Waals surface area contributed by atoms with Crippen molar-refractivity contribution in [2.45, 2.75) is 137 Å². The van der Waals surface area contributed by atoms with Crippen LogP contribution in [0.4, 0.5) is 0 Å². The van der Waals surface area contributed by atoms with E-state index in [9.17, 15) is 30.0 Å². The lowest BCUT2D eigenvalue weighted by atomic mass is 9.78. The van der Waals surface area contributed by atoms with Crippen LogP contribution in [-0.2, 0) is 19.1 Å². The quantitative estimate of drug-likeness (QED) is 0.239. The minimum Gasteiger partial charge on any atom is -0.462 e. The monoisotopic (exact) mass is 592 g/mol. The van der Waals surface area contributed by atoms with Gasteiger partial charge in [-0.25, -0.2) is 0 Å². The average molecular weight is 593 g/mol. The van der Waals surface area contributed by atoms with E-state index in [1.165, 1.54) is 0 Å². The highest BCUT2D eigenvalue weighted by Gasteiger charge is 2.41. The first kappa shape index (κ1) is 36.4. The van der Waals surface area contributed by atoms with Crippen LogP contribution in [0.2, 0.25) is 0 Å². The van der Waals surface area contributed by atoms with Crippen molar-refractivity contribution in [1.82, 2.24) is 0 Å². The van der Waals surface area contributed by atoms with Gasteiger partial charge in [-0.3, -0.25) is 9.59 Å². The second-order valence-electron chi connectivity index (χ2n) is 13.1. The van der Waals surface area contributed by atoms with Crippen LogP contribution in [0.1, 0.15) is 100 Å². The predicted molar refractivity (Wildman–Crippen MR) is 163 cm³/mol. The summed E-state index contributed by atoms with van der Waals surface area (Å²) in [4.78, 5) is 25.6. The molecule has 0 saturated heterocycles. The third kappa shape index (κ3) is 10.1. The molecule has 0 amide bonds. The van der Waals surface area contributed by atoms with E-state index in [1.807, 2.05) is 53.7 Å². The van der Waals surface area contributed by atoms with Gasteiger partial charge in [0.2, 0.25) is 0 Å². The Bertz CT molecular complexity index is 986. The lowest BCUT2D eigenvalue weighted by Gasteiger charge is -2.38. The van der Waals surface area contributed by atoms with Gasteiger partial charge in [0, 0.05) is 30.6 Å². The van der Waals surface area contributed by atoms with Gasteiger partial charge in [0.05, 0.1) is 24.7 Å². The van der Waals surface area contributed by atoms with E-state index in [4.69, 9.17) is 9.47 Å². The van der Waals surface area contributed by atoms with Crippen LogP contribution < -0.4 is 0 Å². The van der Waals surface area contributed by atoms with Gasteiger partial charge in [-0.1, -0.05) is 65.8 Å². The van der Waals surface area contributed by atoms with Gasteiger partial charge < -0.3 is 29.9 Å². The molecule has 2 aliphatic rings. The van der Waals surface area contributed by atoms with Gasteiger partial charge in [-0.05, 0) is 62.5 Å². The summed E-state index contributed by atoms with van der Waals surface area (Å²) in [5, 5.41) is 44.0. The van der Waals surface area contributed by atoms with Crippen molar-refractivity contribution in [1.29, 1.82) is 0 Å². The number of cyclic esters (lactones) is 1. The van der Waals surface area contributed by atoms with E-state index >= 15 is 0 Å². The van der Waals surface area contributed by atoms with Crippen molar-refractivity contribution in [3.05, 3.63) is 35.5 Å². The highest BCUT2D eigenvalue weighted by atomic mass is 16.6. The fraction of sp³-hybridized carbons (Fsp3) is 0.765. The second-order valence-corrected chi connectivity index (χ2v) is 13.1. The number of aliphatic hydroxyl groups is 4. The summed E-state index contributed by atoms with van der Waals surface area (Å²) >= 11 is 0. The minimum atomic E-state index is -1.73. The van der Waals surface area contributed by atoms with Crippen molar-refractivity contribution < 1.29 is 39.5 Å². The Hall–Kier alpha value is -1.84. The van der Waals surface area contributed by atoms with Gasteiger partial charge in [-0.2, -0.15) is 0 Å². The van der Waals surface area contributed by atoms with Gasteiger partial charge in [0.25, 0.3) is 0 Å². The van der Waals surface area contributed by atoms with E-state index in [0.29, 0.717) is 19.3 Å². The number of esters is 1. The van der Waals surface area contributed by atoms with Gasteiger partial charge in [-0.15, -0.1) is 0 Å². The zero-order chi connectivity index (χ0) is 31.8. The van der Waals surface area contributed by atoms with Crippen LogP contribution in [0.3, 0.4) is 0 Å². The molecule has 0 radical (unpaired) electrons. The molecule has 11 atom stereocenters. The number of ether oxygens (including phenoxy) is 2. The summed E-state index contributed by atoms with van der Waals surface area (Å²) in [6.45, 7) is 14.9. The Morgan fingerprint density at radius 2 is 1.74 bits per heavy atom. The summed E-state index contributed by atoms with van der Waals surface area (Å²) in [6.07, 6.45) is 6.51. The summed E-state index contributed by atoms with van der Waals surface area (Å²) in [5.41, 5.74) is 1.89. The summed E-state index contributed by atoms with van der Waals surface area (Å²) in [6, 6.07) is 0. The fourth-order valence-corrected chi connectivity index (χ4v) is 6.33. The summed E-state index contributed by atoms with van der Waals surface area (Å²) < 4.78 is 12.1. The Labute approximate surface area is 252 Å². The Morgan fingerprint density at radius 3 is 2.38 bits per heavy atom. The number of Topliss-reactive ketones (excluding diaryl/α,β-unsaturated/α-hetero) is 1. The number of allylic oxidation sites excluding steroid dienone is 1. The minimum absolute atomic E-state index is 0.00960. The van der Waals surface area contributed by atoms with Crippen LogP contribution in [-0.4, -0.2) is 68.5 Å². The second kappa shape index (κ2) is 16.3. The number of ketones is 1. The molecular formula is C34H56O8. The molecule has 2 rings (SSSR count).